The van der Waals surface area contributed by atoms with Crippen molar-refractivity contribution < 1.29 is 14.1 Å². The highest BCUT2D eigenvalue weighted by Crippen LogP contribution is 2.37. The van der Waals surface area contributed by atoms with E-state index in [-0.39, 0.29) is 17.0 Å². The van der Waals surface area contributed by atoms with Gasteiger partial charge in [0.2, 0.25) is 0 Å². The van der Waals surface area contributed by atoms with Crippen LogP contribution in [0.25, 0.3) is 17.4 Å². The fraction of sp³-hybridized carbons (Fsp3) is 0.174. The molecule has 8 nitrogen and oxygen atoms in total. The Kier molecular flexibility index (Phi) is 5.84. The summed E-state index contributed by atoms with van der Waals surface area (Å²) in [6, 6.07) is 13.2. The molecule has 1 aliphatic rings. The van der Waals surface area contributed by atoms with Crippen LogP contribution < -0.4 is 5.32 Å². The van der Waals surface area contributed by atoms with Crippen molar-refractivity contribution in [3.05, 3.63) is 73.8 Å². The van der Waals surface area contributed by atoms with Crippen LogP contribution in [0.5, 0.6) is 0 Å². The Morgan fingerprint density at radius 1 is 1.16 bits per heavy atom. The summed E-state index contributed by atoms with van der Waals surface area (Å²) in [6.45, 7) is 0. The van der Waals surface area contributed by atoms with E-state index in [1.165, 1.54) is 29.5 Å². The first-order valence-electron chi connectivity index (χ1n) is 9.82. The van der Waals surface area contributed by atoms with Crippen molar-refractivity contribution in [1.82, 2.24) is 0 Å². The Morgan fingerprint density at radius 3 is 2.59 bits per heavy atom. The fourth-order valence-corrected chi connectivity index (χ4v) is 4.80. The Bertz CT molecular complexity index is 1320. The summed E-state index contributed by atoms with van der Waals surface area (Å²) in [4.78, 5) is 24.1. The summed E-state index contributed by atoms with van der Waals surface area (Å²) in [7, 11) is 0. The van der Waals surface area contributed by atoms with E-state index >= 15 is 0 Å². The quantitative estimate of drug-likeness (QED) is 0.248. The minimum Gasteiger partial charge on any atom is -0.457 e. The number of carbonyl (C=O) groups is 1. The molecule has 9 heteroatoms. The zero-order chi connectivity index (χ0) is 22.7. The molecule has 2 aromatic heterocycles. The second-order valence-corrected chi connectivity index (χ2v) is 8.26. The number of non-ortho nitro benzene ring substituents is 1. The summed E-state index contributed by atoms with van der Waals surface area (Å²) in [5, 5.41) is 33.0. The van der Waals surface area contributed by atoms with Crippen LogP contribution in [0, 0.1) is 32.8 Å². The summed E-state index contributed by atoms with van der Waals surface area (Å²) >= 11 is 1.39. The van der Waals surface area contributed by atoms with E-state index in [0.29, 0.717) is 21.9 Å². The van der Waals surface area contributed by atoms with E-state index < -0.39 is 10.8 Å². The highest BCUT2D eigenvalue weighted by atomic mass is 32.1. The smallest absolute Gasteiger partial charge is 0.269 e. The van der Waals surface area contributed by atoms with Crippen LogP contribution in [0.3, 0.4) is 0 Å². The van der Waals surface area contributed by atoms with Crippen LogP contribution in [0.15, 0.2) is 46.4 Å². The molecule has 0 fully saturated rings. The first kappa shape index (κ1) is 21.0. The van der Waals surface area contributed by atoms with Crippen molar-refractivity contribution in [3.8, 4) is 23.5 Å². The highest BCUT2D eigenvalue weighted by molar-refractivity contribution is 7.16. The molecular weight excluding hydrogens is 428 g/mol. The Balaban J connectivity index is 1.54. The molecule has 0 saturated heterocycles. The number of benzene rings is 1. The molecule has 0 unspecified atom stereocenters. The number of hydrogen-bond donors (Lipinski definition) is 1. The summed E-state index contributed by atoms with van der Waals surface area (Å²) in [5.74, 6) is 0.119. The lowest BCUT2D eigenvalue weighted by molar-refractivity contribution is -0.384. The van der Waals surface area contributed by atoms with Crippen molar-refractivity contribution in [2.75, 3.05) is 5.32 Å². The maximum absolute atomic E-state index is 12.7. The summed E-state index contributed by atoms with van der Waals surface area (Å²) in [6.07, 6.45) is 5.12. The fourth-order valence-electron chi connectivity index (χ4n) is 3.57. The van der Waals surface area contributed by atoms with Crippen molar-refractivity contribution in [3.63, 3.8) is 0 Å². The van der Waals surface area contributed by atoms with Crippen molar-refractivity contribution in [1.29, 1.82) is 10.5 Å². The molecule has 1 amide bonds. The van der Waals surface area contributed by atoms with Gasteiger partial charge in [-0.05, 0) is 55.5 Å². The van der Waals surface area contributed by atoms with E-state index in [1.807, 2.05) is 6.07 Å². The SMILES string of the molecule is N#C/C(=C\c1ccc(-c2ccc([N+](=O)[O-])cc2)o1)C(=O)Nc1sc2c(c1C#N)CCCC2. The predicted octanol–water partition coefficient (Wildman–Crippen LogP) is 5.21. The topological polar surface area (TPSA) is 133 Å². The number of aryl methyl sites for hydroxylation is 1. The molecule has 1 aliphatic carbocycles. The van der Waals surface area contributed by atoms with Crippen molar-refractivity contribution in [2.24, 2.45) is 0 Å². The third-order valence-electron chi connectivity index (χ3n) is 5.15. The number of nitrogens with zero attached hydrogens (tertiary/aromatic N) is 3. The Morgan fingerprint density at radius 2 is 1.91 bits per heavy atom. The number of thiophene rings is 1. The van der Waals surface area contributed by atoms with Gasteiger partial charge in [-0.3, -0.25) is 14.9 Å². The number of nitrogens with one attached hydrogen (secondary N) is 1. The normalized spacial score (nSPS) is 13.0. The number of carbonyl (C=O) groups excluding carboxylic acids is 1. The molecule has 158 valence electrons. The maximum atomic E-state index is 12.7. The van der Waals surface area contributed by atoms with E-state index in [0.717, 1.165) is 36.1 Å². The maximum Gasteiger partial charge on any atom is 0.269 e. The average Bonchev–Trinajstić information content (AvgIpc) is 3.41. The van der Waals surface area contributed by atoms with Gasteiger partial charge in [-0.2, -0.15) is 10.5 Å². The highest BCUT2D eigenvalue weighted by Gasteiger charge is 2.23. The van der Waals surface area contributed by atoms with Gasteiger partial charge in [0.15, 0.2) is 0 Å². The zero-order valence-corrected chi connectivity index (χ0v) is 17.6. The van der Waals surface area contributed by atoms with Gasteiger partial charge >= 0.3 is 0 Å². The summed E-state index contributed by atoms with van der Waals surface area (Å²) < 4.78 is 5.69. The third kappa shape index (κ3) is 4.15. The van der Waals surface area contributed by atoms with Gasteiger partial charge in [0.05, 0.1) is 10.5 Å². The monoisotopic (exact) mass is 444 g/mol. The molecule has 2 heterocycles. The Labute approximate surface area is 187 Å². The van der Waals surface area contributed by atoms with Crippen LogP contribution in [0.1, 0.15) is 34.6 Å². The van der Waals surface area contributed by atoms with Crippen LogP contribution >= 0.6 is 11.3 Å². The number of hydrogen-bond acceptors (Lipinski definition) is 7. The van der Waals surface area contributed by atoms with E-state index in [1.54, 1.807) is 24.3 Å². The number of fused-ring (bicyclic) bond motifs is 1. The van der Waals surface area contributed by atoms with Gasteiger partial charge in [0.25, 0.3) is 11.6 Å². The number of nitriles is 2. The molecule has 1 aromatic carbocycles. The van der Waals surface area contributed by atoms with Gasteiger partial charge in [-0.25, -0.2) is 0 Å². The Hall–Kier alpha value is -4.21. The first-order chi connectivity index (χ1) is 15.5. The van der Waals surface area contributed by atoms with Crippen LogP contribution in [-0.4, -0.2) is 10.8 Å². The van der Waals surface area contributed by atoms with Crippen LogP contribution in [0.2, 0.25) is 0 Å². The predicted molar refractivity (Wildman–Crippen MR) is 119 cm³/mol. The molecular formula is C23H16N4O4S. The molecule has 0 bridgehead atoms. The molecule has 0 saturated carbocycles. The van der Waals surface area contributed by atoms with E-state index in [2.05, 4.69) is 11.4 Å². The number of amides is 1. The average molecular weight is 444 g/mol. The minimum atomic E-state index is -0.615. The summed E-state index contributed by atoms with van der Waals surface area (Å²) in [5.41, 5.74) is 1.91. The minimum absolute atomic E-state index is 0.0316. The number of anilines is 1. The largest absolute Gasteiger partial charge is 0.457 e. The number of nitro groups is 1. The van der Waals surface area contributed by atoms with Gasteiger partial charge in [-0.1, -0.05) is 0 Å². The van der Waals surface area contributed by atoms with E-state index in [9.17, 15) is 25.4 Å². The molecule has 0 radical (unpaired) electrons. The van der Waals surface area contributed by atoms with Gasteiger partial charge < -0.3 is 9.73 Å². The standard InChI is InChI=1S/C23H16N4O4S/c24-12-15(22(28)26-23-19(13-25)18-3-1-2-4-21(18)32-23)11-17-9-10-20(31-17)14-5-7-16(8-6-14)27(29)30/h5-11H,1-4H2,(H,26,28)/b15-11+. The number of nitro benzene ring substituents is 1. The lowest BCUT2D eigenvalue weighted by Crippen LogP contribution is -2.13. The lowest BCUT2D eigenvalue weighted by atomic mass is 9.96. The molecule has 4 rings (SSSR count). The van der Waals surface area contributed by atoms with Gasteiger partial charge in [-0.15, -0.1) is 11.3 Å². The molecule has 0 spiro atoms. The third-order valence-corrected chi connectivity index (χ3v) is 6.36. The van der Waals surface area contributed by atoms with Gasteiger partial charge in [0, 0.05) is 28.6 Å². The first-order valence-corrected chi connectivity index (χ1v) is 10.6. The second kappa shape index (κ2) is 8.88. The molecule has 1 N–H and O–H groups in total. The van der Waals surface area contributed by atoms with Crippen molar-refractivity contribution in [2.45, 2.75) is 25.7 Å². The van der Waals surface area contributed by atoms with Crippen LogP contribution in [0.4, 0.5) is 10.7 Å². The molecule has 0 aliphatic heterocycles. The van der Waals surface area contributed by atoms with Gasteiger partial charge in [0.1, 0.15) is 34.2 Å². The van der Waals surface area contributed by atoms with E-state index in [4.69, 9.17) is 4.42 Å². The molecule has 0 atom stereocenters. The second-order valence-electron chi connectivity index (χ2n) is 7.16. The molecule has 3 aromatic rings. The number of rotatable bonds is 5. The van der Waals surface area contributed by atoms with Crippen LogP contribution in [-0.2, 0) is 17.6 Å². The molecule has 32 heavy (non-hydrogen) atoms. The van der Waals surface area contributed by atoms with Crippen molar-refractivity contribution >= 4 is 34.0 Å². The lowest BCUT2D eigenvalue weighted by Gasteiger charge is -2.09. The number of furan rings is 1. The zero-order valence-electron chi connectivity index (χ0n) is 16.8.